The number of benzene rings is 3. The minimum Gasteiger partial charge on any atom is -0.350 e. The molecule has 0 saturated heterocycles. The summed E-state index contributed by atoms with van der Waals surface area (Å²) >= 11 is 0. The molecule has 1 heterocycles. The maximum Gasteiger partial charge on any atom is 0.282 e. The predicted octanol–water partition coefficient (Wildman–Crippen LogP) is 5.29. The van der Waals surface area contributed by atoms with Crippen molar-refractivity contribution >= 4 is 28.8 Å². The SMILES string of the molecule is Cc1ccc(C2=C(Nc3ccccc3C)C(=O)N(c3cc(F)ccc3F)C2=O)cc1C. The van der Waals surface area contributed by atoms with E-state index in [2.05, 4.69) is 5.32 Å². The van der Waals surface area contributed by atoms with Crippen LogP contribution in [-0.4, -0.2) is 11.8 Å². The molecule has 0 bridgehead atoms. The van der Waals surface area contributed by atoms with E-state index in [0.29, 0.717) is 16.2 Å². The van der Waals surface area contributed by atoms with Crippen LogP contribution in [0.25, 0.3) is 5.57 Å². The Bertz CT molecular complexity index is 1260. The molecule has 31 heavy (non-hydrogen) atoms. The second-order valence-corrected chi connectivity index (χ2v) is 7.53. The molecule has 156 valence electrons. The van der Waals surface area contributed by atoms with Gasteiger partial charge in [-0.05, 0) is 61.2 Å². The van der Waals surface area contributed by atoms with Gasteiger partial charge in [-0.3, -0.25) is 9.59 Å². The number of aryl methyl sites for hydroxylation is 3. The number of anilines is 2. The maximum atomic E-state index is 14.5. The summed E-state index contributed by atoms with van der Waals surface area (Å²) in [5.41, 5.74) is 3.71. The third kappa shape index (κ3) is 3.61. The zero-order chi connectivity index (χ0) is 22.3. The molecule has 0 aromatic heterocycles. The van der Waals surface area contributed by atoms with Crippen molar-refractivity contribution in [3.63, 3.8) is 0 Å². The van der Waals surface area contributed by atoms with Crippen molar-refractivity contribution < 1.29 is 18.4 Å². The maximum absolute atomic E-state index is 14.5. The van der Waals surface area contributed by atoms with Crippen LogP contribution in [0.15, 0.2) is 66.4 Å². The van der Waals surface area contributed by atoms with Gasteiger partial charge in [-0.25, -0.2) is 13.7 Å². The predicted molar refractivity (Wildman–Crippen MR) is 116 cm³/mol. The van der Waals surface area contributed by atoms with E-state index in [9.17, 15) is 18.4 Å². The molecule has 2 amide bonds. The van der Waals surface area contributed by atoms with Gasteiger partial charge in [0.25, 0.3) is 11.8 Å². The highest BCUT2D eigenvalue weighted by Crippen LogP contribution is 2.36. The smallest absolute Gasteiger partial charge is 0.282 e. The van der Waals surface area contributed by atoms with Gasteiger partial charge in [0.05, 0.1) is 11.3 Å². The van der Waals surface area contributed by atoms with Gasteiger partial charge in [-0.15, -0.1) is 0 Å². The number of hydrogen-bond donors (Lipinski definition) is 1. The standard InChI is InChI=1S/C25H20F2N2O2/c1-14-8-9-17(12-16(14)3)22-23(28-20-7-5-4-6-15(20)2)25(31)29(24(22)30)21-13-18(26)10-11-19(21)27/h4-13,28H,1-3H3. The monoisotopic (exact) mass is 418 g/mol. The van der Waals surface area contributed by atoms with E-state index in [4.69, 9.17) is 0 Å². The molecule has 4 rings (SSSR count). The Labute approximate surface area is 178 Å². The molecule has 6 heteroatoms. The van der Waals surface area contributed by atoms with E-state index < -0.39 is 29.1 Å². The van der Waals surface area contributed by atoms with Crippen molar-refractivity contribution in [2.24, 2.45) is 0 Å². The first-order chi connectivity index (χ1) is 14.8. The van der Waals surface area contributed by atoms with Gasteiger partial charge in [0.15, 0.2) is 0 Å². The highest BCUT2D eigenvalue weighted by atomic mass is 19.1. The molecule has 3 aromatic rings. The lowest BCUT2D eigenvalue weighted by atomic mass is 9.99. The minimum atomic E-state index is -0.861. The average Bonchev–Trinajstić information content (AvgIpc) is 2.97. The molecule has 1 N–H and O–H groups in total. The lowest BCUT2D eigenvalue weighted by Crippen LogP contribution is -2.33. The molecule has 4 nitrogen and oxygen atoms in total. The van der Waals surface area contributed by atoms with Crippen LogP contribution in [-0.2, 0) is 9.59 Å². The Morgan fingerprint density at radius 2 is 1.52 bits per heavy atom. The number of amides is 2. The number of halogens is 2. The Hall–Kier alpha value is -3.80. The van der Waals surface area contributed by atoms with Crippen molar-refractivity contribution in [2.45, 2.75) is 20.8 Å². The van der Waals surface area contributed by atoms with Crippen molar-refractivity contribution in [1.82, 2.24) is 0 Å². The summed E-state index contributed by atoms with van der Waals surface area (Å²) in [7, 11) is 0. The van der Waals surface area contributed by atoms with E-state index in [1.54, 1.807) is 24.3 Å². The largest absolute Gasteiger partial charge is 0.350 e. The Morgan fingerprint density at radius 1 is 0.774 bits per heavy atom. The first kappa shape index (κ1) is 20.5. The van der Waals surface area contributed by atoms with Gasteiger partial charge in [-0.1, -0.05) is 36.4 Å². The van der Waals surface area contributed by atoms with Gasteiger partial charge in [-0.2, -0.15) is 0 Å². The van der Waals surface area contributed by atoms with Crippen molar-refractivity contribution in [1.29, 1.82) is 0 Å². The van der Waals surface area contributed by atoms with Crippen molar-refractivity contribution in [3.05, 3.63) is 100 Å². The van der Waals surface area contributed by atoms with Crippen LogP contribution in [0.4, 0.5) is 20.2 Å². The first-order valence-corrected chi connectivity index (χ1v) is 9.76. The number of rotatable bonds is 4. The summed E-state index contributed by atoms with van der Waals surface area (Å²) in [4.78, 5) is 27.4. The quantitative estimate of drug-likeness (QED) is 0.586. The summed E-state index contributed by atoms with van der Waals surface area (Å²) in [6.45, 7) is 5.71. The molecule has 1 aliphatic rings. The Kier molecular flexibility index (Phi) is 5.15. The topological polar surface area (TPSA) is 49.4 Å². The summed E-state index contributed by atoms with van der Waals surface area (Å²) < 4.78 is 28.3. The lowest BCUT2D eigenvalue weighted by molar-refractivity contribution is -0.120. The highest BCUT2D eigenvalue weighted by molar-refractivity contribution is 6.46. The number of carbonyl (C=O) groups excluding carboxylic acids is 2. The van der Waals surface area contributed by atoms with Gasteiger partial charge >= 0.3 is 0 Å². The van der Waals surface area contributed by atoms with Crippen LogP contribution >= 0.6 is 0 Å². The fraction of sp³-hybridized carbons (Fsp3) is 0.120. The molecule has 0 fully saturated rings. The van der Waals surface area contributed by atoms with E-state index in [-0.39, 0.29) is 11.3 Å². The van der Waals surface area contributed by atoms with Gasteiger partial charge in [0.2, 0.25) is 0 Å². The molecule has 0 unspecified atom stereocenters. The van der Waals surface area contributed by atoms with Crippen LogP contribution in [0.1, 0.15) is 22.3 Å². The van der Waals surface area contributed by atoms with Crippen LogP contribution in [0.5, 0.6) is 0 Å². The van der Waals surface area contributed by atoms with Crippen LogP contribution in [0.3, 0.4) is 0 Å². The third-order valence-corrected chi connectivity index (χ3v) is 5.43. The van der Waals surface area contributed by atoms with Gasteiger partial charge in [0, 0.05) is 11.8 Å². The average molecular weight is 418 g/mol. The molecule has 0 aliphatic carbocycles. The second kappa shape index (κ2) is 7.80. The Balaban J connectivity index is 1.89. The molecule has 3 aromatic carbocycles. The number of para-hydroxylation sites is 1. The fourth-order valence-electron chi connectivity index (χ4n) is 3.53. The van der Waals surface area contributed by atoms with E-state index in [1.807, 2.05) is 39.0 Å². The molecular weight excluding hydrogens is 398 g/mol. The summed E-state index contributed by atoms with van der Waals surface area (Å²) in [5.74, 6) is -3.07. The summed E-state index contributed by atoms with van der Waals surface area (Å²) in [6, 6.07) is 15.4. The van der Waals surface area contributed by atoms with Gasteiger partial charge in [0.1, 0.15) is 17.3 Å². The number of imide groups is 1. The zero-order valence-corrected chi connectivity index (χ0v) is 17.3. The van der Waals surface area contributed by atoms with Crippen LogP contribution < -0.4 is 10.2 Å². The Morgan fingerprint density at radius 3 is 2.23 bits per heavy atom. The first-order valence-electron chi connectivity index (χ1n) is 9.76. The normalized spacial score (nSPS) is 13.9. The zero-order valence-electron chi connectivity index (χ0n) is 17.3. The van der Waals surface area contributed by atoms with E-state index in [0.717, 1.165) is 34.9 Å². The fourth-order valence-corrected chi connectivity index (χ4v) is 3.53. The van der Waals surface area contributed by atoms with E-state index in [1.165, 1.54) is 0 Å². The third-order valence-electron chi connectivity index (χ3n) is 5.43. The molecular formula is C25H20F2N2O2. The van der Waals surface area contributed by atoms with Crippen LogP contribution in [0.2, 0.25) is 0 Å². The number of nitrogens with zero attached hydrogens (tertiary/aromatic N) is 1. The van der Waals surface area contributed by atoms with Crippen LogP contribution in [0, 0.1) is 32.4 Å². The summed E-state index contributed by atoms with van der Waals surface area (Å²) in [6.07, 6.45) is 0. The van der Waals surface area contributed by atoms with E-state index >= 15 is 0 Å². The van der Waals surface area contributed by atoms with Crippen molar-refractivity contribution in [3.8, 4) is 0 Å². The highest BCUT2D eigenvalue weighted by Gasteiger charge is 2.41. The molecule has 0 saturated carbocycles. The number of hydrogen-bond acceptors (Lipinski definition) is 3. The second-order valence-electron chi connectivity index (χ2n) is 7.53. The number of nitrogens with one attached hydrogen (secondary N) is 1. The van der Waals surface area contributed by atoms with Crippen molar-refractivity contribution in [2.75, 3.05) is 10.2 Å². The number of carbonyl (C=O) groups is 2. The minimum absolute atomic E-state index is 0.0196. The van der Waals surface area contributed by atoms with Gasteiger partial charge < -0.3 is 5.32 Å². The molecule has 0 atom stereocenters. The molecule has 0 radical (unpaired) electrons. The molecule has 0 spiro atoms. The lowest BCUT2D eigenvalue weighted by Gasteiger charge is -2.16. The summed E-state index contributed by atoms with van der Waals surface area (Å²) in [5, 5.41) is 3.06. The molecule has 1 aliphatic heterocycles.